The van der Waals surface area contributed by atoms with E-state index >= 15 is 0 Å². The van der Waals surface area contributed by atoms with Crippen LogP contribution in [0.15, 0.2) is 24.3 Å². The van der Waals surface area contributed by atoms with Crippen LogP contribution in [-0.4, -0.2) is 18.8 Å². The van der Waals surface area contributed by atoms with Crippen molar-refractivity contribution in [1.29, 1.82) is 0 Å². The van der Waals surface area contributed by atoms with Crippen LogP contribution in [0.4, 0.5) is 0 Å². The van der Waals surface area contributed by atoms with E-state index in [1.165, 1.54) is 5.56 Å². The lowest BCUT2D eigenvalue weighted by Crippen LogP contribution is -2.15. The molecule has 0 aliphatic rings. The predicted molar refractivity (Wildman–Crippen MR) is 57.3 cm³/mol. The third-order valence-corrected chi connectivity index (χ3v) is 2.26. The molecule has 0 amide bonds. The lowest BCUT2D eigenvalue weighted by atomic mass is 9.97. The molecule has 0 saturated carbocycles. The van der Waals surface area contributed by atoms with E-state index in [4.69, 9.17) is 4.74 Å². The summed E-state index contributed by atoms with van der Waals surface area (Å²) >= 11 is 0. The number of methoxy groups -OCH3 is 1. The summed E-state index contributed by atoms with van der Waals surface area (Å²) in [6.45, 7) is 4.32. The van der Waals surface area contributed by atoms with E-state index < -0.39 is 5.60 Å². The zero-order valence-electron chi connectivity index (χ0n) is 9.08. The lowest BCUT2D eigenvalue weighted by Gasteiger charge is -2.17. The molecule has 0 saturated heterocycles. The van der Waals surface area contributed by atoms with Crippen molar-refractivity contribution < 1.29 is 9.84 Å². The monoisotopic (exact) mass is 194 g/mol. The van der Waals surface area contributed by atoms with Crippen LogP contribution in [0.5, 0.6) is 0 Å². The second kappa shape index (κ2) is 4.58. The van der Waals surface area contributed by atoms with E-state index in [0.29, 0.717) is 0 Å². The van der Waals surface area contributed by atoms with Gasteiger partial charge < -0.3 is 9.84 Å². The van der Waals surface area contributed by atoms with Gasteiger partial charge in [0.2, 0.25) is 0 Å². The van der Waals surface area contributed by atoms with Crippen LogP contribution < -0.4 is 0 Å². The Kier molecular flexibility index (Phi) is 3.67. The molecule has 0 atom stereocenters. The van der Waals surface area contributed by atoms with Gasteiger partial charge in [0, 0.05) is 7.11 Å². The number of aliphatic hydroxyl groups is 1. The van der Waals surface area contributed by atoms with Crippen LogP contribution in [0.25, 0.3) is 0 Å². The highest BCUT2D eigenvalue weighted by molar-refractivity contribution is 5.26. The molecule has 78 valence electrons. The minimum atomic E-state index is -0.750. The van der Waals surface area contributed by atoms with Crippen LogP contribution in [0.3, 0.4) is 0 Å². The summed E-state index contributed by atoms with van der Waals surface area (Å²) < 4.78 is 4.99. The fraction of sp³-hybridized carbons (Fsp3) is 0.500. The largest absolute Gasteiger partial charge is 0.386 e. The van der Waals surface area contributed by atoms with Gasteiger partial charge in [-0.1, -0.05) is 24.3 Å². The second-order valence-corrected chi connectivity index (χ2v) is 4.00. The number of hydrogen-bond donors (Lipinski definition) is 1. The van der Waals surface area contributed by atoms with Crippen LogP contribution in [0, 0.1) is 0 Å². The van der Waals surface area contributed by atoms with Crippen molar-refractivity contribution >= 4 is 0 Å². The zero-order chi connectivity index (χ0) is 10.6. The topological polar surface area (TPSA) is 29.5 Å². The lowest BCUT2D eigenvalue weighted by molar-refractivity contribution is 0.0786. The number of rotatable bonds is 4. The van der Waals surface area contributed by atoms with E-state index in [-0.39, 0.29) is 0 Å². The first kappa shape index (κ1) is 11.2. The maximum absolute atomic E-state index is 9.73. The van der Waals surface area contributed by atoms with Gasteiger partial charge in [-0.25, -0.2) is 0 Å². The molecule has 1 rings (SSSR count). The van der Waals surface area contributed by atoms with Crippen molar-refractivity contribution in [2.75, 3.05) is 13.7 Å². The summed E-state index contributed by atoms with van der Waals surface area (Å²) in [4.78, 5) is 0. The molecule has 1 aromatic rings. The molecule has 1 aromatic carbocycles. The number of hydrogen-bond acceptors (Lipinski definition) is 2. The molecule has 14 heavy (non-hydrogen) atoms. The Hall–Kier alpha value is -0.860. The van der Waals surface area contributed by atoms with Crippen LogP contribution in [0.2, 0.25) is 0 Å². The van der Waals surface area contributed by atoms with Crippen molar-refractivity contribution in [1.82, 2.24) is 0 Å². The molecule has 0 spiro atoms. The molecule has 0 aliphatic carbocycles. The molecule has 2 nitrogen and oxygen atoms in total. The van der Waals surface area contributed by atoms with Crippen LogP contribution in [-0.2, 0) is 16.8 Å². The Bertz CT molecular complexity index is 269. The molecule has 0 fully saturated rings. The Labute approximate surface area is 85.5 Å². The number of benzene rings is 1. The molecule has 0 aliphatic heterocycles. The average molecular weight is 194 g/mol. The Morgan fingerprint density at radius 2 is 1.79 bits per heavy atom. The Morgan fingerprint density at radius 1 is 1.21 bits per heavy atom. The van der Waals surface area contributed by atoms with Gasteiger partial charge in [0.15, 0.2) is 0 Å². The maximum atomic E-state index is 9.73. The van der Waals surface area contributed by atoms with E-state index in [9.17, 15) is 5.11 Å². The van der Waals surface area contributed by atoms with E-state index in [0.717, 1.165) is 18.6 Å². The van der Waals surface area contributed by atoms with Gasteiger partial charge >= 0.3 is 0 Å². The molecule has 2 heteroatoms. The first-order chi connectivity index (χ1) is 6.54. The summed E-state index contributed by atoms with van der Waals surface area (Å²) in [6.07, 6.45) is 0.919. The molecule has 0 heterocycles. The Morgan fingerprint density at radius 3 is 2.21 bits per heavy atom. The van der Waals surface area contributed by atoms with Crippen molar-refractivity contribution in [3.8, 4) is 0 Å². The summed E-state index contributed by atoms with van der Waals surface area (Å²) in [5.41, 5.74) is 1.43. The second-order valence-electron chi connectivity index (χ2n) is 4.00. The van der Waals surface area contributed by atoms with Crippen molar-refractivity contribution in [2.45, 2.75) is 25.9 Å². The molecule has 0 unspecified atom stereocenters. The minimum Gasteiger partial charge on any atom is -0.386 e. The maximum Gasteiger partial charge on any atom is 0.0840 e. The summed E-state index contributed by atoms with van der Waals surface area (Å²) in [7, 11) is 1.70. The molecular weight excluding hydrogens is 176 g/mol. The predicted octanol–water partition coefficient (Wildman–Crippen LogP) is 2.10. The van der Waals surface area contributed by atoms with Gasteiger partial charge in [-0.05, 0) is 31.4 Å². The number of ether oxygens (including phenoxy) is 1. The first-order valence-corrected chi connectivity index (χ1v) is 4.85. The smallest absolute Gasteiger partial charge is 0.0840 e. The molecule has 0 radical (unpaired) electrons. The van der Waals surface area contributed by atoms with E-state index in [1.807, 2.05) is 24.3 Å². The molecule has 1 N–H and O–H groups in total. The standard InChI is InChI=1S/C12H18O2/c1-12(2,13)11-6-4-10(5-7-11)8-9-14-3/h4-7,13H,8-9H2,1-3H3. The van der Waals surface area contributed by atoms with Crippen molar-refractivity contribution in [3.63, 3.8) is 0 Å². The third kappa shape index (κ3) is 3.13. The molecule has 0 bridgehead atoms. The van der Waals surface area contributed by atoms with E-state index in [2.05, 4.69) is 0 Å². The van der Waals surface area contributed by atoms with Gasteiger partial charge in [0.25, 0.3) is 0 Å². The third-order valence-electron chi connectivity index (χ3n) is 2.26. The zero-order valence-corrected chi connectivity index (χ0v) is 9.08. The SMILES string of the molecule is COCCc1ccc(C(C)(C)O)cc1. The summed E-state index contributed by atoms with van der Waals surface area (Å²) in [5, 5.41) is 9.73. The van der Waals surface area contributed by atoms with E-state index in [1.54, 1.807) is 21.0 Å². The van der Waals surface area contributed by atoms with Gasteiger partial charge in [-0.2, -0.15) is 0 Å². The van der Waals surface area contributed by atoms with Gasteiger partial charge in [0.05, 0.1) is 12.2 Å². The summed E-state index contributed by atoms with van der Waals surface area (Å²) in [5.74, 6) is 0. The highest BCUT2D eigenvalue weighted by atomic mass is 16.5. The fourth-order valence-electron chi connectivity index (χ4n) is 1.30. The van der Waals surface area contributed by atoms with Crippen molar-refractivity contribution in [3.05, 3.63) is 35.4 Å². The molecular formula is C12H18O2. The average Bonchev–Trinajstić information content (AvgIpc) is 2.14. The summed E-state index contributed by atoms with van der Waals surface area (Å²) in [6, 6.07) is 7.99. The molecule has 0 aromatic heterocycles. The van der Waals surface area contributed by atoms with Crippen LogP contribution >= 0.6 is 0 Å². The highest BCUT2D eigenvalue weighted by Crippen LogP contribution is 2.19. The minimum absolute atomic E-state index is 0.738. The highest BCUT2D eigenvalue weighted by Gasteiger charge is 2.14. The fourth-order valence-corrected chi connectivity index (χ4v) is 1.30. The van der Waals surface area contributed by atoms with Gasteiger partial charge in [0.1, 0.15) is 0 Å². The van der Waals surface area contributed by atoms with Gasteiger partial charge in [-0.3, -0.25) is 0 Å². The first-order valence-electron chi connectivity index (χ1n) is 4.85. The quantitative estimate of drug-likeness (QED) is 0.795. The van der Waals surface area contributed by atoms with Crippen LogP contribution in [0.1, 0.15) is 25.0 Å². The normalized spacial score (nSPS) is 11.7. The van der Waals surface area contributed by atoms with Gasteiger partial charge in [-0.15, -0.1) is 0 Å². The Balaban J connectivity index is 2.69. The van der Waals surface area contributed by atoms with Crippen molar-refractivity contribution in [2.24, 2.45) is 0 Å².